The molecule has 1 heterocycles. The molecule has 0 radical (unpaired) electrons. The van der Waals surface area contributed by atoms with E-state index in [1.165, 1.54) is 0 Å². The molecule has 0 aliphatic rings. The van der Waals surface area contributed by atoms with Gasteiger partial charge in [-0.2, -0.15) is 0 Å². The van der Waals surface area contributed by atoms with Crippen molar-refractivity contribution in [2.24, 2.45) is 0 Å². The summed E-state index contributed by atoms with van der Waals surface area (Å²) in [4.78, 5) is 0. The molecule has 2 aromatic rings. The highest BCUT2D eigenvalue weighted by atomic mass is 35.5. The summed E-state index contributed by atoms with van der Waals surface area (Å²) in [5, 5.41) is 17.6. The number of hydrogen-bond acceptors (Lipinski definition) is 5. The molecule has 2 rings (SSSR count). The van der Waals surface area contributed by atoms with Gasteiger partial charge in [0.15, 0.2) is 0 Å². The molecule has 0 aliphatic carbocycles. The van der Waals surface area contributed by atoms with Crippen LogP contribution in [0.25, 0.3) is 5.69 Å². The minimum Gasteiger partial charge on any atom is -0.495 e. The zero-order valence-electron chi connectivity index (χ0n) is 10.6. The Morgan fingerprint density at radius 1 is 1.37 bits per heavy atom. The third kappa shape index (κ3) is 2.70. The van der Waals surface area contributed by atoms with E-state index in [-0.39, 0.29) is 6.61 Å². The molecule has 0 saturated carbocycles. The van der Waals surface area contributed by atoms with E-state index in [1.54, 1.807) is 37.1 Å². The third-order valence-corrected chi connectivity index (χ3v) is 2.95. The predicted octanol–water partition coefficient (Wildman–Crippen LogP) is 1.57. The molecule has 0 spiro atoms. The molecule has 1 aromatic carbocycles. The molecule has 1 aromatic heterocycles. The van der Waals surface area contributed by atoms with Crippen molar-refractivity contribution in [2.75, 3.05) is 14.2 Å². The Labute approximate surface area is 115 Å². The van der Waals surface area contributed by atoms with Gasteiger partial charge < -0.3 is 14.6 Å². The maximum Gasteiger partial charge on any atom is 0.137 e. The molecular weight excluding hydrogens is 270 g/mol. The Bertz CT molecular complexity index is 571. The number of aromatic nitrogens is 3. The fraction of sp³-hybridized carbons (Fsp3) is 0.333. The highest BCUT2D eigenvalue weighted by molar-refractivity contribution is 6.32. The fourth-order valence-electron chi connectivity index (χ4n) is 1.73. The smallest absolute Gasteiger partial charge is 0.137 e. The van der Waals surface area contributed by atoms with Crippen LogP contribution in [0.15, 0.2) is 18.2 Å². The van der Waals surface area contributed by atoms with Gasteiger partial charge >= 0.3 is 0 Å². The topological polar surface area (TPSA) is 69.4 Å². The Kier molecular flexibility index (Phi) is 4.36. The van der Waals surface area contributed by atoms with E-state index in [4.69, 9.17) is 21.1 Å². The molecule has 7 heteroatoms. The largest absolute Gasteiger partial charge is 0.495 e. The van der Waals surface area contributed by atoms with Crippen LogP contribution in [-0.4, -0.2) is 34.3 Å². The van der Waals surface area contributed by atoms with Crippen LogP contribution >= 0.6 is 11.6 Å². The summed E-state index contributed by atoms with van der Waals surface area (Å²) in [5.74, 6) is 0.584. The number of benzene rings is 1. The van der Waals surface area contributed by atoms with Crippen LogP contribution in [0.1, 0.15) is 11.4 Å². The molecule has 0 saturated heterocycles. The highest BCUT2D eigenvalue weighted by Crippen LogP contribution is 2.27. The lowest BCUT2D eigenvalue weighted by Gasteiger charge is -2.09. The van der Waals surface area contributed by atoms with Crippen molar-refractivity contribution in [2.45, 2.75) is 13.2 Å². The van der Waals surface area contributed by atoms with Crippen LogP contribution in [0.4, 0.5) is 0 Å². The summed E-state index contributed by atoms with van der Waals surface area (Å²) in [6.07, 6.45) is 0. The molecule has 0 atom stereocenters. The van der Waals surface area contributed by atoms with Crippen LogP contribution < -0.4 is 4.74 Å². The first kappa shape index (κ1) is 13.8. The maximum atomic E-state index is 9.22. The van der Waals surface area contributed by atoms with Crippen molar-refractivity contribution >= 4 is 11.6 Å². The van der Waals surface area contributed by atoms with Gasteiger partial charge in [0.25, 0.3) is 0 Å². The summed E-state index contributed by atoms with van der Waals surface area (Å²) in [7, 11) is 3.12. The molecule has 0 fully saturated rings. The van der Waals surface area contributed by atoms with E-state index in [0.29, 0.717) is 28.8 Å². The van der Waals surface area contributed by atoms with Crippen molar-refractivity contribution in [3.63, 3.8) is 0 Å². The highest BCUT2D eigenvalue weighted by Gasteiger charge is 2.14. The molecule has 0 amide bonds. The summed E-state index contributed by atoms with van der Waals surface area (Å²) >= 11 is 6.08. The third-order valence-electron chi connectivity index (χ3n) is 2.65. The number of aliphatic hydroxyl groups is 1. The SMILES string of the molecule is COCc1c(CO)nnn1-c1ccc(OC)c(Cl)c1. The van der Waals surface area contributed by atoms with Crippen LogP contribution in [0.3, 0.4) is 0 Å². The van der Waals surface area contributed by atoms with Gasteiger partial charge in [-0.15, -0.1) is 5.10 Å². The lowest BCUT2D eigenvalue weighted by atomic mass is 10.2. The average Bonchev–Trinajstić information content (AvgIpc) is 2.82. The number of rotatable bonds is 5. The lowest BCUT2D eigenvalue weighted by Crippen LogP contribution is -2.05. The van der Waals surface area contributed by atoms with E-state index in [0.717, 1.165) is 5.69 Å². The van der Waals surface area contributed by atoms with Crippen LogP contribution in [0, 0.1) is 0 Å². The second kappa shape index (κ2) is 6.01. The zero-order chi connectivity index (χ0) is 13.8. The van der Waals surface area contributed by atoms with Gasteiger partial charge in [0.1, 0.15) is 11.4 Å². The number of nitrogens with zero attached hydrogens (tertiary/aromatic N) is 3. The van der Waals surface area contributed by atoms with Gasteiger partial charge in [-0.1, -0.05) is 16.8 Å². The molecule has 0 unspecified atom stereocenters. The first-order valence-electron chi connectivity index (χ1n) is 5.58. The first-order valence-corrected chi connectivity index (χ1v) is 5.96. The summed E-state index contributed by atoms with van der Waals surface area (Å²) in [6.45, 7) is 0.106. The van der Waals surface area contributed by atoms with E-state index in [9.17, 15) is 5.11 Å². The molecule has 0 aliphatic heterocycles. The van der Waals surface area contributed by atoms with Gasteiger partial charge in [0.2, 0.25) is 0 Å². The van der Waals surface area contributed by atoms with Crippen LogP contribution in [0.2, 0.25) is 5.02 Å². The maximum absolute atomic E-state index is 9.22. The van der Waals surface area contributed by atoms with E-state index >= 15 is 0 Å². The molecule has 6 nitrogen and oxygen atoms in total. The Morgan fingerprint density at radius 3 is 2.74 bits per heavy atom. The molecule has 1 N–H and O–H groups in total. The second-order valence-corrected chi connectivity index (χ2v) is 4.21. The predicted molar refractivity (Wildman–Crippen MR) is 69.6 cm³/mol. The average molecular weight is 284 g/mol. The normalized spacial score (nSPS) is 10.7. The molecule has 19 heavy (non-hydrogen) atoms. The lowest BCUT2D eigenvalue weighted by molar-refractivity contribution is 0.175. The minimum atomic E-state index is -0.192. The number of methoxy groups -OCH3 is 2. The van der Waals surface area contributed by atoms with Gasteiger partial charge in [0, 0.05) is 7.11 Å². The van der Waals surface area contributed by atoms with Crippen LogP contribution in [-0.2, 0) is 18.0 Å². The Hall–Kier alpha value is -1.63. The zero-order valence-corrected chi connectivity index (χ0v) is 11.4. The van der Waals surface area contributed by atoms with Gasteiger partial charge in [-0.25, -0.2) is 4.68 Å². The van der Waals surface area contributed by atoms with Crippen molar-refractivity contribution in [1.29, 1.82) is 0 Å². The summed E-state index contributed by atoms with van der Waals surface area (Å²) < 4.78 is 11.8. The number of ether oxygens (including phenoxy) is 2. The van der Waals surface area contributed by atoms with Gasteiger partial charge in [-0.3, -0.25) is 0 Å². The molecular formula is C12H14ClN3O3. The van der Waals surface area contributed by atoms with E-state index in [1.807, 2.05) is 0 Å². The van der Waals surface area contributed by atoms with Gasteiger partial charge in [-0.05, 0) is 18.2 Å². The Balaban J connectivity index is 2.46. The first-order chi connectivity index (χ1) is 9.21. The standard InChI is InChI=1S/C12H14ClN3O3/c1-18-7-11-10(6-17)14-15-16(11)8-3-4-12(19-2)9(13)5-8/h3-5,17H,6-7H2,1-2H3. The van der Waals surface area contributed by atoms with E-state index < -0.39 is 0 Å². The minimum absolute atomic E-state index is 0.192. The quantitative estimate of drug-likeness (QED) is 0.902. The molecule has 0 bridgehead atoms. The number of hydrogen-bond donors (Lipinski definition) is 1. The molecule has 102 valence electrons. The van der Waals surface area contributed by atoms with Crippen molar-refractivity contribution in [3.05, 3.63) is 34.6 Å². The van der Waals surface area contributed by atoms with Crippen molar-refractivity contribution < 1.29 is 14.6 Å². The summed E-state index contributed by atoms with van der Waals surface area (Å²) in [5.41, 5.74) is 1.89. The number of halogens is 1. The van der Waals surface area contributed by atoms with Crippen molar-refractivity contribution in [3.8, 4) is 11.4 Å². The monoisotopic (exact) mass is 283 g/mol. The Morgan fingerprint density at radius 2 is 2.16 bits per heavy atom. The van der Waals surface area contributed by atoms with Crippen molar-refractivity contribution in [1.82, 2.24) is 15.0 Å². The van der Waals surface area contributed by atoms with E-state index in [2.05, 4.69) is 10.3 Å². The van der Waals surface area contributed by atoms with Gasteiger partial charge in [0.05, 0.1) is 36.7 Å². The number of aliphatic hydroxyl groups excluding tert-OH is 1. The fourth-order valence-corrected chi connectivity index (χ4v) is 1.98. The summed E-state index contributed by atoms with van der Waals surface area (Å²) in [6, 6.07) is 5.27. The second-order valence-electron chi connectivity index (χ2n) is 3.80. The van der Waals surface area contributed by atoms with Crippen LogP contribution in [0.5, 0.6) is 5.75 Å².